The summed E-state index contributed by atoms with van der Waals surface area (Å²) in [5, 5.41) is 2.79. The molecule has 3 aromatic rings. The molecule has 0 aliphatic carbocycles. The molecule has 0 radical (unpaired) electrons. The number of anilines is 1. The van der Waals surface area contributed by atoms with Crippen molar-refractivity contribution >= 4 is 21.6 Å². The maximum atomic E-state index is 12.9. The molecule has 34 heavy (non-hydrogen) atoms. The van der Waals surface area contributed by atoms with E-state index in [1.54, 1.807) is 34.6 Å². The van der Waals surface area contributed by atoms with Crippen LogP contribution < -0.4 is 14.8 Å². The molecule has 1 amide bonds. The molecule has 3 aromatic carbocycles. The van der Waals surface area contributed by atoms with Crippen molar-refractivity contribution in [3.8, 4) is 17.2 Å². The first kappa shape index (κ1) is 23.8. The van der Waals surface area contributed by atoms with Gasteiger partial charge in [-0.2, -0.15) is 4.31 Å². The van der Waals surface area contributed by atoms with Crippen LogP contribution in [0.3, 0.4) is 0 Å². The summed E-state index contributed by atoms with van der Waals surface area (Å²) in [7, 11) is -3.52. The highest BCUT2D eigenvalue weighted by molar-refractivity contribution is 7.89. The van der Waals surface area contributed by atoms with Crippen LogP contribution in [0.5, 0.6) is 17.2 Å². The number of nitrogens with zero attached hydrogens (tertiary/aromatic N) is 1. The molecule has 0 atom stereocenters. The van der Waals surface area contributed by atoms with Gasteiger partial charge in [0.2, 0.25) is 10.0 Å². The topological polar surface area (TPSA) is 84.9 Å². The normalized spacial score (nSPS) is 14.7. The number of nitrogens with one attached hydrogen (secondary N) is 1. The highest BCUT2D eigenvalue weighted by Crippen LogP contribution is 2.29. The van der Waals surface area contributed by atoms with Crippen molar-refractivity contribution < 1.29 is 22.7 Å². The Balaban J connectivity index is 1.34. The second-order valence-corrected chi connectivity index (χ2v) is 9.98. The Labute approximate surface area is 200 Å². The Bertz CT molecular complexity index is 1190. The number of rotatable bonds is 8. The third kappa shape index (κ3) is 6.15. The number of ether oxygens (including phenoxy) is 2. The zero-order valence-corrected chi connectivity index (χ0v) is 19.7. The van der Waals surface area contributed by atoms with Crippen LogP contribution in [-0.2, 0) is 14.8 Å². The van der Waals surface area contributed by atoms with E-state index < -0.39 is 10.0 Å². The van der Waals surface area contributed by atoms with Gasteiger partial charge in [0.25, 0.3) is 5.91 Å². The highest BCUT2D eigenvalue weighted by Gasteiger charge is 2.25. The minimum Gasteiger partial charge on any atom is -0.484 e. The lowest BCUT2D eigenvalue weighted by Gasteiger charge is -2.20. The summed E-state index contributed by atoms with van der Waals surface area (Å²) >= 11 is 0. The molecule has 0 unspecified atom stereocenters. The Morgan fingerprint density at radius 3 is 2.15 bits per heavy atom. The van der Waals surface area contributed by atoms with Gasteiger partial charge in [0.15, 0.2) is 12.4 Å². The van der Waals surface area contributed by atoms with E-state index in [0.29, 0.717) is 36.0 Å². The van der Waals surface area contributed by atoms with Crippen molar-refractivity contribution in [2.75, 3.05) is 25.0 Å². The second-order valence-electron chi connectivity index (χ2n) is 8.04. The van der Waals surface area contributed by atoms with Crippen LogP contribution in [0.4, 0.5) is 5.69 Å². The number of sulfonamides is 1. The summed E-state index contributed by atoms with van der Waals surface area (Å²) in [6.07, 6.45) is 3.89. The van der Waals surface area contributed by atoms with Gasteiger partial charge in [-0.15, -0.1) is 0 Å². The fourth-order valence-corrected chi connectivity index (χ4v) is 5.27. The van der Waals surface area contributed by atoms with E-state index in [1.165, 1.54) is 12.1 Å². The molecule has 4 rings (SSSR count). The van der Waals surface area contributed by atoms with Crippen molar-refractivity contribution in [3.63, 3.8) is 0 Å². The van der Waals surface area contributed by atoms with Crippen LogP contribution in [0, 0.1) is 0 Å². The van der Waals surface area contributed by atoms with E-state index in [9.17, 15) is 13.2 Å². The first-order chi connectivity index (χ1) is 16.5. The number of hydrogen-bond acceptors (Lipinski definition) is 5. The molecule has 7 nitrogen and oxygen atoms in total. The van der Waals surface area contributed by atoms with E-state index in [-0.39, 0.29) is 17.4 Å². The van der Waals surface area contributed by atoms with Gasteiger partial charge in [-0.3, -0.25) is 4.79 Å². The fourth-order valence-electron chi connectivity index (χ4n) is 3.75. The molecular formula is C26H28N2O5S. The van der Waals surface area contributed by atoms with Gasteiger partial charge in [0.1, 0.15) is 11.5 Å². The standard InChI is InChI=1S/C26H28N2O5S/c29-26(27-24-12-6-7-13-25(24)33-22-10-4-3-5-11-22)20-32-21-14-16-23(17-15-21)34(30,31)28-18-8-1-2-9-19-28/h3-7,10-17H,1-2,8-9,18-20H2,(H,27,29). The van der Waals surface area contributed by atoms with Gasteiger partial charge in [-0.25, -0.2) is 8.42 Å². The van der Waals surface area contributed by atoms with Crippen molar-refractivity contribution in [2.45, 2.75) is 30.6 Å². The quantitative estimate of drug-likeness (QED) is 0.487. The SMILES string of the molecule is O=C(COc1ccc(S(=O)(=O)N2CCCCCC2)cc1)Nc1ccccc1Oc1ccccc1. The van der Waals surface area contributed by atoms with Crippen LogP contribution in [0.2, 0.25) is 0 Å². The van der Waals surface area contributed by atoms with E-state index >= 15 is 0 Å². The summed E-state index contributed by atoms with van der Waals surface area (Å²) in [5.74, 6) is 1.24. The number of para-hydroxylation sites is 3. The summed E-state index contributed by atoms with van der Waals surface area (Å²) in [5.41, 5.74) is 0.527. The molecule has 1 aliphatic heterocycles. The Morgan fingerprint density at radius 2 is 1.44 bits per heavy atom. The largest absolute Gasteiger partial charge is 0.484 e. The van der Waals surface area contributed by atoms with Crippen LogP contribution >= 0.6 is 0 Å². The predicted octanol–water partition coefficient (Wildman–Crippen LogP) is 5.06. The molecule has 1 fully saturated rings. The molecule has 1 aliphatic rings. The van der Waals surface area contributed by atoms with Gasteiger partial charge < -0.3 is 14.8 Å². The zero-order valence-electron chi connectivity index (χ0n) is 18.9. The minimum absolute atomic E-state index is 0.224. The number of amides is 1. The van der Waals surface area contributed by atoms with E-state index in [4.69, 9.17) is 9.47 Å². The Kier molecular flexibility index (Phi) is 7.82. The van der Waals surface area contributed by atoms with Gasteiger partial charge in [0.05, 0.1) is 10.6 Å². The van der Waals surface area contributed by atoms with Crippen LogP contribution in [0.25, 0.3) is 0 Å². The van der Waals surface area contributed by atoms with E-state index in [2.05, 4.69) is 5.32 Å². The molecular weight excluding hydrogens is 452 g/mol. The molecule has 1 saturated heterocycles. The van der Waals surface area contributed by atoms with Crippen molar-refractivity contribution in [2.24, 2.45) is 0 Å². The molecule has 1 heterocycles. The fraction of sp³-hybridized carbons (Fsp3) is 0.269. The molecule has 1 N–H and O–H groups in total. The van der Waals surface area contributed by atoms with Gasteiger partial charge in [0, 0.05) is 13.1 Å². The van der Waals surface area contributed by atoms with Crippen LogP contribution in [0.15, 0.2) is 83.8 Å². The molecule has 178 valence electrons. The second kappa shape index (κ2) is 11.2. The molecule has 0 aromatic heterocycles. The lowest BCUT2D eigenvalue weighted by Crippen LogP contribution is -2.31. The Morgan fingerprint density at radius 1 is 0.794 bits per heavy atom. The number of hydrogen-bond donors (Lipinski definition) is 1. The number of carbonyl (C=O) groups is 1. The lowest BCUT2D eigenvalue weighted by atomic mass is 10.2. The summed E-state index contributed by atoms with van der Waals surface area (Å²) in [4.78, 5) is 12.7. The molecule has 0 saturated carbocycles. The molecule has 0 spiro atoms. The highest BCUT2D eigenvalue weighted by atomic mass is 32.2. The maximum Gasteiger partial charge on any atom is 0.262 e. The van der Waals surface area contributed by atoms with Gasteiger partial charge >= 0.3 is 0 Å². The maximum absolute atomic E-state index is 12.9. The smallest absolute Gasteiger partial charge is 0.262 e. The minimum atomic E-state index is -3.52. The summed E-state index contributed by atoms with van der Waals surface area (Å²) in [6.45, 7) is 0.879. The van der Waals surface area contributed by atoms with E-state index in [0.717, 1.165) is 25.7 Å². The average molecular weight is 481 g/mol. The van der Waals surface area contributed by atoms with Gasteiger partial charge in [-0.05, 0) is 61.4 Å². The van der Waals surface area contributed by atoms with Gasteiger partial charge in [-0.1, -0.05) is 43.2 Å². The van der Waals surface area contributed by atoms with Crippen molar-refractivity contribution in [3.05, 3.63) is 78.9 Å². The molecule has 8 heteroatoms. The summed E-state index contributed by atoms with van der Waals surface area (Å²) in [6, 6.07) is 22.6. The molecule has 0 bridgehead atoms. The predicted molar refractivity (Wildman–Crippen MR) is 131 cm³/mol. The number of benzene rings is 3. The average Bonchev–Trinajstić information content (AvgIpc) is 3.15. The number of carbonyl (C=O) groups excluding carboxylic acids is 1. The summed E-state index contributed by atoms with van der Waals surface area (Å²) < 4.78 is 38.8. The van der Waals surface area contributed by atoms with Crippen LogP contribution in [-0.4, -0.2) is 38.3 Å². The lowest BCUT2D eigenvalue weighted by molar-refractivity contribution is -0.118. The van der Waals surface area contributed by atoms with Crippen LogP contribution in [0.1, 0.15) is 25.7 Å². The Hall–Kier alpha value is -3.36. The first-order valence-corrected chi connectivity index (χ1v) is 12.8. The van der Waals surface area contributed by atoms with E-state index in [1.807, 2.05) is 36.4 Å². The monoisotopic (exact) mass is 480 g/mol. The third-order valence-electron chi connectivity index (χ3n) is 5.53. The van der Waals surface area contributed by atoms with Crippen molar-refractivity contribution in [1.82, 2.24) is 4.31 Å². The zero-order chi connectivity index (χ0) is 23.8. The first-order valence-electron chi connectivity index (χ1n) is 11.4. The van der Waals surface area contributed by atoms with Crippen molar-refractivity contribution in [1.29, 1.82) is 0 Å². The third-order valence-corrected chi connectivity index (χ3v) is 7.44.